The SMILES string of the molecule is O=C(CC(O)CO)Nc1cc[c]cc1. The van der Waals surface area contributed by atoms with E-state index < -0.39 is 12.7 Å². The molecular formula is C10H12NO3. The second-order valence-corrected chi connectivity index (χ2v) is 2.88. The predicted octanol–water partition coefficient (Wildman–Crippen LogP) is 0.169. The first-order valence-electron chi connectivity index (χ1n) is 4.27. The molecular weight excluding hydrogens is 182 g/mol. The summed E-state index contributed by atoms with van der Waals surface area (Å²) in [7, 11) is 0. The number of carbonyl (C=O) groups is 1. The van der Waals surface area contributed by atoms with E-state index in [1.807, 2.05) is 0 Å². The van der Waals surface area contributed by atoms with Gasteiger partial charge in [-0.2, -0.15) is 0 Å². The third-order valence-corrected chi connectivity index (χ3v) is 1.63. The van der Waals surface area contributed by atoms with Crippen LogP contribution in [0.2, 0.25) is 0 Å². The number of carbonyl (C=O) groups excluding carboxylic acids is 1. The summed E-state index contributed by atoms with van der Waals surface area (Å²) in [5.74, 6) is -0.322. The van der Waals surface area contributed by atoms with Crippen LogP contribution in [0.5, 0.6) is 0 Å². The molecule has 14 heavy (non-hydrogen) atoms. The lowest BCUT2D eigenvalue weighted by molar-refractivity contribution is -0.118. The summed E-state index contributed by atoms with van der Waals surface area (Å²) in [6.07, 6.45) is -1.10. The maximum atomic E-state index is 11.2. The molecule has 1 rings (SSSR count). The van der Waals surface area contributed by atoms with Crippen LogP contribution in [0.1, 0.15) is 6.42 Å². The molecule has 0 fully saturated rings. The highest BCUT2D eigenvalue weighted by molar-refractivity contribution is 5.90. The predicted molar refractivity (Wildman–Crippen MR) is 51.6 cm³/mol. The molecule has 1 radical (unpaired) electrons. The van der Waals surface area contributed by atoms with Gasteiger partial charge >= 0.3 is 0 Å². The molecule has 1 atom stereocenters. The van der Waals surface area contributed by atoms with Crippen molar-refractivity contribution in [2.24, 2.45) is 0 Å². The third kappa shape index (κ3) is 3.55. The number of nitrogens with one attached hydrogen (secondary N) is 1. The fraction of sp³-hybridized carbons (Fsp3) is 0.300. The van der Waals surface area contributed by atoms with E-state index in [4.69, 9.17) is 10.2 Å². The Hall–Kier alpha value is -1.39. The quantitative estimate of drug-likeness (QED) is 0.640. The lowest BCUT2D eigenvalue weighted by Gasteiger charge is -2.07. The van der Waals surface area contributed by atoms with Gasteiger partial charge in [0.15, 0.2) is 0 Å². The third-order valence-electron chi connectivity index (χ3n) is 1.63. The van der Waals surface area contributed by atoms with Crippen molar-refractivity contribution in [3.8, 4) is 0 Å². The molecule has 1 amide bonds. The molecule has 1 aromatic carbocycles. The van der Waals surface area contributed by atoms with E-state index in [1.165, 1.54) is 0 Å². The summed E-state index contributed by atoms with van der Waals surface area (Å²) in [5, 5.41) is 20.1. The first-order chi connectivity index (χ1) is 6.72. The highest BCUT2D eigenvalue weighted by Gasteiger charge is 2.09. The van der Waals surface area contributed by atoms with E-state index in [9.17, 15) is 4.79 Å². The summed E-state index contributed by atoms with van der Waals surface area (Å²) in [5.41, 5.74) is 0.652. The van der Waals surface area contributed by atoms with Crippen LogP contribution in [0.15, 0.2) is 24.3 Å². The van der Waals surface area contributed by atoms with Gasteiger partial charge in [-0.15, -0.1) is 0 Å². The molecule has 1 unspecified atom stereocenters. The second-order valence-electron chi connectivity index (χ2n) is 2.88. The van der Waals surface area contributed by atoms with Crippen molar-refractivity contribution in [3.05, 3.63) is 30.3 Å². The van der Waals surface area contributed by atoms with E-state index in [-0.39, 0.29) is 12.3 Å². The van der Waals surface area contributed by atoms with Crippen molar-refractivity contribution in [3.63, 3.8) is 0 Å². The van der Waals surface area contributed by atoms with Gasteiger partial charge in [-0.3, -0.25) is 4.79 Å². The molecule has 1 aromatic rings. The molecule has 75 valence electrons. The Morgan fingerprint density at radius 3 is 2.71 bits per heavy atom. The van der Waals surface area contributed by atoms with Crippen molar-refractivity contribution >= 4 is 11.6 Å². The Kier molecular flexibility index (Phi) is 4.10. The largest absolute Gasteiger partial charge is 0.394 e. The number of rotatable bonds is 4. The molecule has 4 nitrogen and oxygen atoms in total. The minimum absolute atomic E-state index is 0.102. The van der Waals surface area contributed by atoms with E-state index >= 15 is 0 Å². The molecule has 0 bridgehead atoms. The average molecular weight is 194 g/mol. The van der Waals surface area contributed by atoms with E-state index in [0.717, 1.165) is 0 Å². The number of amides is 1. The highest BCUT2D eigenvalue weighted by atomic mass is 16.3. The fourth-order valence-corrected chi connectivity index (χ4v) is 0.961. The summed E-state index contributed by atoms with van der Waals surface area (Å²) < 4.78 is 0. The number of hydrogen-bond donors (Lipinski definition) is 3. The molecule has 0 spiro atoms. The Balaban J connectivity index is 2.42. The lowest BCUT2D eigenvalue weighted by Crippen LogP contribution is -2.22. The zero-order chi connectivity index (χ0) is 10.4. The van der Waals surface area contributed by atoms with Crippen molar-refractivity contribution in [1.82, 2.24) is 0 Å². The van der Waals surface area contributed by atoms with Gasteiger partial charge in [0.2, 0.25) is 5.91 Å². The van der Waals surface area contributed by atoms with Gasteiger partial charge < -0.3 is 15.5 Å². The Labute approximate surface area is 82.2 Å². The van der Waals surface area contributed by atoms with Crippen LogP contribution < -0.4 is 5.32 Å². The van der Waals surface area contributed by atoms with Gasteiger partial charge in [0.25, 0.3) is 0 Å². The van der Waals surface area contributed by atoms with Gasteiger partial charge in [-0.1, -0.05) is 12.1 Å². The van der Waals surface area contributed by atoms with E-state index in [0.29, 0.717) is 5.69 Å². The first kappa shape index (κ1) is 10.7. The normalized spacial score (nSPS) is 12.1. The van der Waals surface area contributed by atoms with Crippen molar-refractivity contribution in [2.75, 3.05) is 11.9 Å². The maximum Gasteiger partial charge on any atom is 0.227 e. The fourth-order valence-electron chi connectivity index (χ4n) is 0.961. The molecule has 0 heterocycles. The number of benzene rings is 1. The number of aliphatic hydroxyl groups is 2. The van der Waals surface area contributed by atoms with Crippen LogP contribution in [-0.2, 0) is 4.79 Å². The summed E-state index contributed by atoms with van der Waals surface area (Å²) in [6, 6.07) is 9.57. The second kappa shape index (κ2) is 5.36. The molecule has 3 N–H and O–H groups in total. The Morgan fingerprint density at radius 1 is 1.50 bits per heavy atom. The molecule has 0 aliphatic heterocycles. The standard InChI is InChI=1S/C10H12NO3/c12-7-9(13)6-10(14)11-8-4-2-1-3-5-8/h2-5,9,12-13H,6-7H2,(H,11,14). The van der Waals surface area contributed by atoms with Crippen LogP contribution >= 0.6 is 0 Å². The Bertz CT molecular complexity index is 287. The van der Waals surface area contributed by atoms with Gasteiger partial charge in [-0.05, 0) is 18.2 Å². The maximum absolute atomic E-state index is 11.2. The molecule has 0 aliphatic rings. The van der Waals surface area contributed by atoms with Gasteiger partial charge in [0.05, 0.1) is 19.1 Å². The van der Waals surface area contributed by atoms with Crippen molar-refractivity contribution < 1.29 is 15.0 Å². The van der Waals surface area contributed by atoms with Crippen molar-refractivity contribution in [2.45, 2.75) is 12.5 Å². The number of aliphatic hydroxyl groups excluding tert-OH is 2. The summed E-state index contributed by atoms with van der Waals surface area (Å²) in [4.78, 5) is 11.2. The Morgan fingerprint density at radius 2 is 2.14 bits per heavy atom. The highest BCUT2D eigenvalue weighted by Crippen LogP contribution is 2.05. The minimum atomic E-state index is -0.995. The number of anilines is 1. The minimum Gasteiger partial charge on any atom is -0.394 e. The van der Waals surface area contributed by atoms with Crippen LogP contribution in [0.3, 0.4) is 0 Å². The van der Waals surface area contributed by atoms with Crippen LogP contribution in [0, 0.1) is 6.07 Å². The summed E-state index contributed by atoms with van der Waals surface area (Å²) >= 11 is 0. The smallest absolute Gasteiger partial charge is 0.227 e. The molecule has 0 aromatic heterocycles. The lowest BCUT2D eigenvalue weighted by atomic mass is 10.2. The van der Waals surface area contributed by atoms with E-state index in [1.54, 1.807) is 24.3 Å². The topological polar surface area (TPSA) is 69.6 Å². The van der Waals surface area contributed by atoms with Gasteiger partial charge in [-0.25, -0.2) is 0 Å². The van der Waals surface area contributed by atoms with Gasteiger partial charge in [0.1, 0.15) is 0 Å². The van der Waals surface area contributed by atoms with Crippen LogP contribution in [0.25, 0.3) is 0 Å². The monoisotopic (exact) mass is 194 g/mol. The van der Waals surface area contributed by atoms with Crippen LogP contribution in [0.4, 0.5) is 5.69 Å². The zero-order valence-corrected chi connectivity index (χ0v) is 7.60. The molecule has 0 saturated heterocycles. The number of hydrogen-bond acceptors (Lipinski definition) is 3. The molecule has 4 heteroatoms. The van der Waals surface area contributed by atoms with E-state index in [2.05, 4.69) is 11.4 Å². The summed E-state index contributed by atoms with van der Waals surface area (Å²) in [6.45, 7) is -0.407. The van der Waals surface area contributed by atoms with Crippen LogP contribution in [-0.4, -0.2) is 28.8 Å². The first-order valence-corrected chi connectivity index (χ1v) is 4.27. The van der Waals surface area contributed by atoms with Gasteiger partial charge in [0, 0.05) is 5.69 Å². The van der Waals surface area contributed by atoms with Crippen molar-refractivity contribution in [1.29, 1.82) is 0 Å². The average Bonchev–Trinajstić information content (AvgIpc) is 2.19. The zero-order valence-electron chi connectivity index (χ0n) is 7.60. The molecule has 0 saturated carbocycles. The molecule has 0 aliphatic carbocycles.